The average Bonchev–Trinajstić information content (AvgIpc) is 2.84. The quantitative estimate of drug-likeness (QED) is 0.663. The lowest BCUT2D eigenvalue weighted by molar-refractivity contribution is 0.625. The predicted octanol–water partition coefficient (Wildman–Crippen LogP) is 3.45. The van der Waals surface area contributed by atoms with Crippen molar-refractivity contribution >= 4 is 0 Å². The van der Waals surface area contributed by atoms with Crippen molar-refractivity contribution in [3.05, 3.63) is 23.5 Å². The molecule has 1 N–H and O–H groups in total. The molecule has 0 radical (unpaired) electrons. The highest BCUT2D eigenvalue weighted by molar-refractivity contribution is 5.14. The van der Waals surface area contributed by atoms with E-state index in [1.54, 1.807) is 0 Å². The van der Waals surface area contributed by atoms with E-state index in [4.69, 9.17) is 0 Å². The number of aryl methyl sites for hydroxylation is 2. The lowest BCUT2D eigenvalue weighted by Crippen LogP contribution is -1.86. The van der Waals surface area contributed by atoms with Crippen LogP contribution in [0, 0.1) is 12.8 Å². The number of aromatic amines is 1. The van der Waals surface area contributed by atoms with Gasteiger partial charge in [0.05, 0.1) is 0 Å². The number of nitrogens with one attached hydrogen (secondary N) is 1. The van der Waals surface area contributed by atoms with Crippen molar-refractivity contribution in [2.24, 2.45) is 5.92 Å². The molecule has 0 aromatic carbocycles. The van der Waals surface area contributed by atoms with Gasteiger partial charge in [-0.2, -0.15) is 0 Å². The molecule has 0 aliphatic heterocycles. The molecule has 1 saturated carbocycles. The Morgan fingerprint density at radius 1 is 1.38 bits per heavy atom. The lowest BCUT2D eigenvalue weighted by Gasteiger charge is -1.97. The van der Waals surface area contributed by atoms with Crippen LogP contribution in [0.2, 0.25) is 0 Å². The van der Waals surface area contributed by atoms with Gasteiger partial charge in [-0.1, -0.05) is 25.7 Å². The van der Waals surface area contributed by atoms with E-state index in [-0.39, 0.29) is 0 Å². The number of unbranched alkanes of at least 4 members (excludes halogenated alkanes) is 1. The number of hydrogen-bond donors (Lipinski definition) is 1. The first-order valence-corrected chi connectivity index (χ1v) is 5.48. The Morgan fingerprint density at radius 2 is 2.23 bits per heavy atom. The summed E-state index contributed by atoms with van der Waals surface area (Å²) in [7, 11) is 0. The minimum Gasteiger partial charge on any atom is -0.365 e. The second-order valence-corrected chi connectivity index (χ2v) is 4.39. The Hall–Kier alpha value is -0.720. The zero-order valence-electron chi connectivity index (χ0n) is 8.47. The number of H-pyrrole nitrogens is 1. The van der Waals surface area contributed by atoms with Gasteiger partial charge in [-0.25, -0.2) is 0 Å². The van der Waals surface area contributed by atoms with E-state index in [1.807, 2.05) is 0 Å². The normalized spacial score (nSPS) is 16.4. The van der Waals surface area contributed by atoms with Gasteiger partial charge < -0.3 is 4.98 Å². The Labute approximate surface area is 80.6 Å². The van der Waals surface area contributed by atoms with Crippen molar-refractivity contribution in [2.45, 2.75) is 45.4 Å². The van der Waals surface area contributed by atoms with Gasteiger partial charge in [0.1, 0.15) is 0 Å². The van der Waals surface area contributed by atoms with Crippen molar-refractivity contribution in [1.82, 2.24) is 4.98 Å². The Bertz CT molecular complexity index is 258. The van der Waals surface area contributed by atoms with Crippen molar-refractivity contribution < 1.29 is 0 Å². The third-order valence-electron chi connectivity index (χ3n) is 2.89. The van der Waals surface area contributed by atoms with Gasteiger partial charge in [0.25, 0.3) is 0 Å². The molecule has 1 aliphatic rings. The van der Waals surface area contributed by atoms with Crippen LogP contribution in [0.4, 0.5) is 0 Å². The zero-order chi connectivity index (χ0) is 9.10. The van der Waals surface area contributed by atoms with Gasteiger partial charge in [0, 0.05) is 11.9 Å². The first-order chi connectivity index (χ1) is 6.34. The summed E-state index contributed by atoms with van der Waals surface area (Å²) < 4.78 is 0. The molecule has 13 heavy (non-hydrogen) atoms. The summed E-state index contributed by atoms with van der Waals surface area (Å²) in [5, 5.41) is 0. The van der Waals surface area contributed by atoms with Crippen molar-refractivity contribution in [2.75, 3.05) is 0 Å². The Kier molecular flexibility index (Phi) is 2.72. The Morgan fingerprint density at radius 3 is 2.85 bits per heavy atom. The van der Waals surface area contributed by atoms with Crippen LogP contribution in [-0.4, -0.2) is 4.98 Å². The van der Waals surface area contributed by atoms with E-state index in [9.17, 15) is 0 Å². The first-order valence-electron chi connectivity index (χ1n) is 5.48. The molecule has 1 aliphatic carbocycles. The van der Waals surface area contributed by atoms with Crippen LogP contribution in [0.25, 0.3) is 0 Å². The third kappa shape index (κ3) is 2.91. The number of rotatable bonds is 5. The molecule has 1 aromatic heterocycles. The van der Waals surface area contributed by atoms with Gasteiger partial charge in [-0.05, 0) is 37.3 Å². The van der Waals surface area contributed by atoms with Gasteiger partial charge in [0.2, 0.25) is 0 Å². The molecule has 1 heterocycles. The van der Waals surface area contributed by atoms with E-state index >= 15 is 0 Å². The van der Waals surface area contributed by atoms with Crippen LogP contribution < -0.4 is 0 Å². The predicted molar refractivity (Wildman–Crippen MR) is 55.8 cm³/mol. The van der Waals surface area contributed by atoms with Gasteiger partial charge >= 0.3 is 0 Å². The molecule has 1 nitrogen and oxygen atoms in total. The topological polar surface area (TPSA) is 15.8 Å². The summed E-state index contributed by atoms with van der Waals surface area (Å²) >= 11 is 0. The first kappa shape index (κ1) is 8.86. The fourth-order valence-corrected chi connectivity index (χ4v) is 1.86. The molecular weight excluding hydrogens is 158 g/mol. The second-order valence-electron chi connectivity index (χ2n) is 4.39. The SMILES string of the molecule is Cc1c[nH]c(CCCCC2CC2)c1. The van der Waals surface area contributed by atoms with Crippen LogP contribution in [0.5, 0.6) is 0 Å². The van der Waals surface area contributed by atoms with Crippen LogP contribution >= 0.6 is 0 Å². The molecular formula is C12H19N. The summed E-state index contributed by atoms with van der Waals surface area (Å²) in [6.45, 7) is 2.14. The van der Waals surface area contributed by atoms with E-state index < -0.39 is 0 Å². The zero-order valence-corrected chi connectivity index (χ0v) is 8.47. The molecule has 0 saturated heterocycles. The summed E-state index contributed by atoms with van der Waals surface area (Å²) in [5.41, 5.74) is 2.77. The van der Waals surface area contributed by atoms with Gasteiger partial charge in [0.15, 0.2) is 0 Å². The average molecular weight is 177 g/mol. The van der Waals surface area contributed by atoms with Crippen molar-refractivity contribution in [3.8, 4) is 0 Å². The maximum atomic E-state index is 3.31. The standard InChI is InChI=1S/C12H19N/c1-10-8-12(13-9-10)5-3-2-4-11-6-7-11/h8-9,11,13H,2-7H2,1H3. The highest BCUT2D eigenvalue weighted by Gasteiger charge is 2.19. The lowest BCUT2D eigenvalue weighted by atomic mass is 10.1. The minimum absolute atomic E-state index is 1.10. The maximum Gasteiger partial charge on any atom is 0.0149 e. The van der Waals surface area contributed by atoms with Crippen LogP contribution in [0.1, 0.15) is 43.4 Å². The molecule has 0 amide bonds. The molecule has 72 valence electrons. The van der Waals surface area contributed by atoms with E-state index in [0.29, 0.717) is 0 Å². The molecule has 0 spiro atoms. The van der Waals surface area contributed by atoms with E-state index in [0.717, 1.165) is 5.92 Å². The molecule has 0 atom stereocenters. The van der Waals surface area contributed by atoms with Crippen LogP contribution in [-0.2, 0) is 6.42 Å². The molecule has 1 heteroatoms. The maximum absolute atomic E-state index is 3.31. The summed E-state index contributed by atoms with van der Waals surface area (Å²) in [4.78, 5) is 3.31. The molecule has 2 rings (SSSR count). The third-order valence-corrected chi connectivity index (χ3v) is 2.89. The Balaban J connectivity index is 1.61. The van der Waals surface area contributed by atoms with Crippen LogP contribution in [0.15, 0.2) is 12.3 Å². The summed E-state index contributed by atoms with van der Waals surface area (Å²) in [6, 6.07) is 2.26. The van der Waals surface area contributed by atoms with E-state index in [1.165, 1.54) is 49.8 Å². The highest BCUT2D eigenvalue weighted by Crippen LogP contribution is 2.33. The smallest absolute Gasteiger partial charge is 0.0149 e. The number of hydrogen-bond acceptors (Lipinski definition) is 0. The largest absolute Gasteiger partial charge is 0.365 e. The van der Waals surface area contributed by atoms with Crippen LogP contribution in [0.3, 0.4) is 0 Å². The molecule has 1 fully saturated rings. The fourth-order valence-electron chi connectivity index (χ4n) is 1.86. The monoisotopic (exact) mass is 177 g/mol. The van der Waals surface area contributed by atoms with E-state index in [2.05, 4.69) is 24.2 Å². The second kappa shape index (κ2) is 3.99. The molecule has 0 bridgehead atoms. The van der Waals surface area contributed by atoms with Gasteiger partial charge in [-0.15, -0.1) is 0 Å². The van der Waals surface area contributed by atoms with Crippen molar-refractivity contribution in [1.29, 1.82) is 0 Å². The minimum atomic E-state index is 1.10. The van der Waals surface area contributed by atoms with Gasteiger partial charge in [-0.3, -0.25) is 0 Å². The van der Waals surface area contributed by atoms with Crippen molar-refractivity contribution in [3.63, 3.8) is 0 Å². The molecule has 1 aromatic rings. The number of aromatic nitrogens is 1. The fraction of sp³-hybridized carbons (Fsp3) is 0.667. The summed E-state index contributed by atoms with van der Waals surface area (Å²) in [5.74, 6) is 1.10. The highest BCUT2D eigenvalue weighted by atomic mass is 14.7. The molecule has 0 unspecified atom stereocenters. The summed E-state index contributed by atoms with van der Waals surface area (Å²) in [6.07, 6.45) is 10.6.